The maximum Gasteiger partial charge on any atom is 0.287 e. The number of fused-ring (bicyclic) bond motifs is 1. The monoisotopic (exact) mass is 300 g/mol. The van der Waals surface area contributed by atoms with E-state index in [0.29, 0.717) is 0 Å². The van der Waals surface area contributed by atoms with Gasteiger partial charge in [-0.2, -0.15) is 0 Å². The van der Waals surface area contributed by atoms with Gasteiger partial charge in [0.15, 0.2) is 0 Å². The average molecular weight is 300 g/mol. The van der Waals surface area contributed by atoms with E-state index in [-0.39, 0.29) is 10.6 Å². The molecule has 7 heteroatoms. The number of thiophene rings is 1. The Bertz CT molecular complexity index is 655. The fraction of sp³-hybridized carbons (Fsp3) is 0.308. The van der Waals surface area contributed by atoms with Crippen molar-refractivity contribution in [3.63, 3.8) is 0 Å². The second kappa shape index (κ2) is 5.34. The van der Waals surface area contributed by atoms with Gasteiger partial charge in [0.2, 0.25) is 0 Å². The average Bonchev–Trinajstić information content (AvgIpc) is 2.73. The molecule has 2 aromatic rings. The van der Waals surface area contributed by atoms with Gasteiger partial charge in [0.25, 0.3) is 11.8 Å². The van der Waals surface area contributed by atoms with Crippen LogP contribution in [0.2, 0.25) is 0 Å². The van der Waals surface area contributed by atoms with Crippen LogP contribution in [-0.4, -0.2) is 30.1 Å². The molecule has 4 nitrogen and oxygen atoms in total. The Morgan fingerprint density at radius 1 is 1.50 bits per heavy atom. The maximum absolute atomic E-state index is 12.9. The summed E-state index contributed by atoms with van der Waals surface area (Å²) in [6, 6.07) is 5.55. The number of aliphatic hydroxyl groups is 1. The van der Waals surface area contributed by atoms with E-state index in [2.05, 4.69) is 5.32 Å². The third-order valence-corrected chi connectivity index (χ3v) is 4.00. The lowest BCUT2D eigenvalue weighted by Gasteiger charge is -2.13. The fourth-order valence-corrected chi connectivity index (χ4v) is 2.88. The summed E-state index contributed by atoms with van der Waals surface area (Å²) in [6.45, 7) is -0.319. The summed E-state index contributed by atoms with van der Waals surface area (Å²) in [5, 5.41) is 11.3. The van der Waals surface area contributed by atoms with Gasteiger partial charge in [0, 0.05) is 10.1 Å². The number of hydrogen-bond donors (Lipinski definition) is 3. The second-order valence-electron chi connectivity index (χ2n) is 4.54. The van der Waals surface area contributed by atoms with Gasteiger partial charge >= 0.3 is 0 Å². The maximum atomic E-state index is 12.9. The van der Waals surface area contributed by atoms with Crippen LogP contribution in [0.4, 0.5) is 14.5 Å². The SMILES string of the molecule is Cc1ccc2c(N)c(C(=O)NCC(F)(F)CO)sc2c1. The summed E-state index contributed by atoms with van der Waals surface area (Å²) >= 11 is 1.16. The Kier molecular flexibility index (Phi) is 3.92. The number of nitrogens with two attached hydrogens (primary N) is 1. The summed E-state index contributed by atoms with van der Waals surface area (Å²) < 4.78 is 26.6. The molecule has 108 valence electrons. The zero-order valence-corrected chi connectivity index (χ0v) is 11.6. The molecule has 1 aromatic carbocycles. The van der Waals surface area contributed by atoms with Crippen LogP contribution in [0.15, 0.2) is 18.2 Å². The number of benzene rings is 1. The number of nitrogen functional groups attached to an aromatic ring is 1. The molecule has 0 spiro atoms. The molecule has 0 aliphatic rings. The molecule has 1 aromatic heterocycles. The molecule has 0 atom stereocenters. The Labute approximate surface area is 118 Å². The first kappa shape index (κ1) is 14.7. The number of amides is 1. The Hall–Kier alpha value is -1.73. The zero-order chi connectivity index (χ0) is 14.9. The van der Waals surface area contributed by atoms with E-state index in [4.69, 9.17) is 10.8 Å². The fourth-order valence-electron chi connectivity index (χ4n) is 1.74. The highest BCUT2D eigenvalue weighted by molar-refractivity contribution is 7.21. The van der Waals surface area contributed by atoms with Crippen molar-refractivity contribution in [3.05, 3.63) is 28.6 Å². The third kappa shape index (κ3) is 2.88. The molecule has 1 heterocycles. The minimum absolute atomic E-state index is 0.208. The van der Waals surface area contributed by atoms with Crippen molar-refractivity contribution < 1.29 is 18.7 Å². The van der Waals surface area contributed by atoms with Crippen LogP contribution in [-0.2, 0) is 0 Å². The van der Waals surface area contributed by atoms with Crippen LogP contribution in [0.25, 0.3) is 10.1 Å². The first-order valence-electron chi connectivity index (χ1n) is 5.89. The molecular formula is C13H14F2N2O2S. The van der Waals surface area contributed by atoms with Gasteiger partial charge in [-0.3, -0.25) is 4.79 Å². The number of rotatable bonds is 4. The van der Waals surface area contributed by atoms with Crippen molar-refractivity contribution in [2.75, 3.05) is 18.9 Å². The van der Waals surface area contributed by atoms with E-state index >= 15 is 0 Å². The van der Waals surface area contributed by atoms with Gasteiger partial charge in [-0.1, -0.05) is 12.1 Å². The molecule has 4 N–H and O–H groups in total. The number of halogens is 2. The van der Waals surface area contributed by atoms with Gasteiger partial charge in [-0.05, 0) is 18.6 Å². The lowest BCUT2D eigenvalue weighted by molar-refractivity contribution is -0.0461. The molecular weight excluding hydrogens is 286 g/mol. The van der Waals surface area contributed by atoms with Gasteiger partial charge in [0.1, 0.15) is 11.5 Å². The summed E-state index contributed by atoms with van der Waals surface area (Å²) in [5.74, 6) is -3.99. The highest BCUT2D eigenvalue weighted by atomic mass is 32.1. The number of carbonyl (C=O) groups is 1. The molecule has 2 rings (SSSR count). The summed E-state index contributed by atoms with van der Waals surface area (Å²) in [5.41, 5.74) is 7.19. The number of hydrogen-bond acceptors (Lipinski definition) is 4. The largest absolute Gasteiger partial charge is 0.397 e. The molecule has 1 amide bonds. The van der Waals surface area contributed by atoms with Crippen LogP contribution in [0.3, 0.4) is 0 Å². The quantitative estimate of drug-likeness (QED) is 0.810. The molecule has 0 saturated heterocycles. The second-order valence-corrected chi connectivity index (χ2v) is 5.59. The zero-order valence-electron chi connectivity index (χ0n) is 10.7. The van der Waals surface area contributed by atoms with E-state index in [1.165, 1.54) is 0 Å². The highest BCUT2D eigenvalue weighted by Crippen LogP contribution is 2.34. The molecule has 0 aliphatic heterocycles. The van der Waals surface area contributed by atoms with Crippen molar-refractivity contribution >= 4 is 33.0 Å². The van der Waals surface area contributed by atoms with Crippen molar-refractivity contribution in [1.82, 2.24) is 5.32 Å². The Balaban J connectivity index is 2.24. The van der Waals surface area contributed by atoms with Crippen molar-refractivity contribution in [2.45, 2.75) is 12.8 Å². The third-order valence-electron chi connectivity index (χ3n) is 2.83. The van der Waals surface area contributed by atoms with Gasteiger partial charge in [0.05, 0.1) is 12.2 Å². The number of aliphatic hydroxyl groups excluding tert-OH is 1. The van der Waals surface area contributed by atoms with E-state index < -0.39 is 25.0 Å². The van der Waals surface area contributed by atoms with Crippen LogP contribution in [0.5, 0.6) is 0 Å². The summed E-state index contributed by atoms with van der Waals surface area (Å²) in [4.78, 5) is 12.1. The molecule has 0 saturated carbocycles. The number of carbonyl (C=O) groups excluding carboxylic acids is 1. The summed E-state index contributed by atoms with van der Waals surface area (Å²) in [6.07, 6.45) is 0. The minimum atomic E-state index is -3.34. The van der Waals surface area contributed by atoms with Gasteiger partial charge in [-0.15, -0.1) is 11.3 Å². The number of alkyl halides is 2. The van der Waals surface area contributed by atoms with E-state index in [0.717, 1.165) is 27.0 Å². The Morgan fingerprint density at radius 2 is 2.20 bits per heavy atom. The Morgan fingerprint density at radius 3 is 2.85 bits per heavy atom. The number of anilines is 1. The predicted octanol–water partition coefficient (Wildman–Crippen LogP) is 2.15. The van der Waals surface area contributed by atoms with Crippen molar-refractivity contribution in [3.8, 4) is 0 Å². The smallest absolute Gasteiger partial charge is 0.287 e. The standard InChI is InChI=1S/C13H14F2N2O2S/c1-7-2-3-8-9(4-7)20-11(10(8)16)12(19)17-5-13(14,15)6-18/h2-4,18H,5-6,16H2,1H3,(H,17,19). The predicted molar refractivity (Wildman–Crippen MR) is 75.3 cm³/mol. The molecule has 0 unspecified atom stereocenters. The van der Waals surface area contributed by atoms with E-state index in [1.54, 1.807) is 6.07 Å². The molecule has 0 aliphatic carbocycles. The van der Waals surface area contributed by atoms with E-state index in [1.807, 2.05) is 19.1 Å². The molecule has 20 heavy (non-hydrogen) atoms. The summed E-state index contributed by atoms with van der Waals surface area (Å²) in [7, 11) is 0. The van der Waals surface area contributed by atoms with Crippen molar-refractivity contribution in [2.24, 2.45) is 0 Å². The number of nitrogens with one attached hydrogen (secondary N) is 1. The first-order valence-corrected chi connectivity index (χ1v) is 6.71. The topological polar surface area (TPSA) is 75.4 Å². The lowest BCUT2D eigenvalue weighted by atomic mass is 10.1. The molecule has 0 radical (unpaired) electrons. The van der Waals surface area contributed by atoms with Crippen LogP contribution < -0.4 is 11.1 Å². The highest BCUT2D eigenvalue weighted by Gasteiger charge is 2.29. The number of aryl methyl sites for hydroxylation is 1. The molecule has 0 bridgehead atoms. The van der Waals surface area contributed by atoms with Gasteiger partial charge in [-0.25, -0.2) is 8.78 Å². The van der Waals surface area contributed by atoms with Crippen LogP contribution >= 0.6 is 11.3 Å². The normalized spacial score (nSPS) is 11.8. The van der Waals surface area contributed by atoms with Crippen LogP contribution in [0.1, 0.15) is 15.2 Å². The van der Waals surface area contributed by atoms with Gasteiger partial charge < -0.3 is 16.2 Å². The minimum Gasteiger partial charge on any atom is -0.397 e. The van der Waals surface area contributed by atoms with Crippen molar-refractivity contribution in [1.29, 1.82) is 0 Å². The molecule has 0 fully saturated rings. The lowest BCUT2D eigenvalue weighted by Crippen LogP contribution is -2.38. The van der Waals surface area contributed by atoms with E-state index in [9.17, 15) is 13.6 Å². The first-order chi connectivity index (χ1) is 9.34. The van der Waals surface area contributed by atoms with Crippen LogP contribution in [0, 0.1) is 6.92 Å².